The molecule has 0 spiro atoms. The van der Waals surface area contributed by atoms with Crippen LogP contribution in [-0.4, -0.2) is 9.97 Å². The third kappa shape index (κ3) is 6.79. The fourth-order valence-corrected chi connectivity index (χ4v) is 4.02. The summed E-state index contributed by atoms with van der Waals surface area (Å²) in [4.78, 5) is 6.94. The van der Waals surface area contributed by atoms with Gasteiger partial charge in [-0.1, -0.05) is 88.8 Å². The van der Waals surface area contributed by atoms with Gasteiger partial charge in [0.25, 0.3) is 0 Å². The van der Waals surface area contributed by atoms with Crippen LogP contribution in [0.2, 0.25) is 0 Å². The molecule has 0 aliphatic carbocycles. The Kier molecular flexibility index (Phi) is 9.08. The Bertz CT molecular complexity index is 844. The normalized spacial score (nSPS) is 11.0. The van der Waals surface area contributed by atoms with Crippen LogP contribution < -0.4 is 0 Å². The van der Waals surface area contributed by atoms with Crippen molar-refractivity contribution in [2.75, 3.05) is 0 Å². The second-order valence-corrected chi connectivity index (χ2v) is 8.38. The summed E-state index contributed by atoms with van der Waals surface area (Å²) in [6.07, 6.45) is 13.0. The van der Waals surface area contributed by atoms with Gasteiger partial charge in [0.15, 0.2) is 0 Å². The maximum Gasteiger partial charge on any atom is 0.0456 e. The van der Waals surface area contributed by atoms with Crippen molar-refractivity contribution in [1.82, 2.24) is 9.97 Å². The number of unbranched alkanes of at least 4 members (excludes halogenated alkanes) is 6. The molecule has 0 bridgehead atoms. The number of hydrogen-bond donors (Lipinski definition) is 2. The first kappa shape index (κ1) is 22.2. The van der Waals surface area contributed by atoms with E-state index in [1.54, 1.807) is 0 Å². The van der Waals surface area contributed by atoms with Crippen LogP contribution in [-0.2, 0) is 12.8 Å². The van der Waals surface area contributed by atoms with Crippen LogP contribution in [0.1, 0.15) is 76.6 Å². The van der Waals surface area contributed by atoms with E-state index in [9.17, 15) is 0 Å². The number of hydrogen-bond acceptors (Lipinski definition) is 0. The second kappa shape index (κ2) is 12.3. The first-order chi connectivity index (χ1) is 14.8. The van der Waals surface area contributed by atoms with Gasteiger partial charge in [-0.05, 0) is 60.7 Å². The van der Waals surface area contributed by atoms with E-state index in [1.165, 1.54) is 97.4 Å². The molecule has 2 aromatic heterocycles. The fourth-order valence-electron chi connectivity index (χ4n) is 4.02. The number of benzene rings is 2. The third-order valence-electron chi connectivity index (χ3n) is 5.77. The Morgan fingerprint density at radius 1 is 0.533 bits per heavy atom. The number of fused-ring (bicyclic) bond motifs is 2. The topological polar surface area (TPSA) is 31.6 Å². The molecule has 0 aliphatic heterocycles. The number of para-hydroxylation sites is 2. The molecular formula is C28H38N2. The molecule has 0 radical (unpaired) electrons. The molecule has 4 rings (SSSR count). The van der Waals surface area contributed by atoms with Gasteiger partial charge in [0.2, 0.25) is 0 Å². The standard InChI is InChI=1S/2C14H19N/c2*1-2-3-4-5-9-13-11-12-8-6-7-10-14(12)15-13/h2*6-8,10-11,15H,2-5,9H2,1H3. The largest absolute Gasteiger partial charge is 0.358 e. The van der Waals surface area contributed by atoms with Crippen molar-refractivity contribution in [2.24, 2.45) is 0 Å². The van der Waals surface area contributed by atoms with Crippen molar-refractivity contribution in [2.45, 2.75) is 78.1 Å². The molecule has 2 heteroatoms. The molecule has 0 fully saturated rings. The van der Waals surface area contributed by atoms with Gasteiger partial charge in [0, 0.05) is 22.4 Å². The molecule has 0 amide bonds. The number of aromatic amines is 2. The van der Waals surface area contributed by atoms with E-state index in [2.05, 4.69) is 84.5 Å². The lowest BCUT2D eigenvalue weighted by atomic mass is 10.1. The van der Waals surface area contributed by atoms with Gasteiger partial charge in [-0.15, -0.1) is 0 Å². The number of H-pyrrole nitrogens is 2. The van der Waals surface area contributed by atoms with Crippen LogP contribution >= 0.6 is 0 Å². The SMILES string of the molecule is CCCCCCc1cc2ccccc2[nH]1.CCCCCCc1cc2ccccc2[nH]1. The average molecular weight is 403 g/mol. The highest BCUT2D eigenvalue weighted by Gasteiger charge is 2.00. The van der Waals surface area contributed by atoms with Crippen LogP contribution in [0.15, 0.2) is 60.7 Å². The van der Waals surface area contributed by atoms with Crippen molar-refractivity contribution in [3.63, 3.8) is 0 Å². The van der Waals surface area contributed by atoms with E-state index in [0.29, 0.717) is 0 Å². The van der Waals surface area contributed by atoms with Crippen molar-refractivity contribution >= 4 is 21.8 Å². The minimum atomic E-state index is 1.19. The Morgan fingerprint density at radius 3 is 1.37 bits per heavy atom. The Balaban J connectivity index is 0.000000171. The predicted octanol–water partition coefficient (Wildman–Crippen LogP) is 8.58. The predicted molar refractivity (Wildman–Crippen MR) is 132 cm³/mol. The Labute approximate surface area is 182 Å². The molecule has 2 nitrogen and oxygen atoms in total. The van der Waals surface area contributed by atoms with Crippen molar-refractivity contribution in [3.8, 4) is 0 Å². The van der Waals surface area contributed by atoms with Crippen LogP contribution in [0, 0.1) is 0 Å². The van der Waals surface area contributed by atoms with Gasteiger partial charge >= 0.3 is 0 Å². The van der Waals surface area contributed by atoms with Crippen LogP contribution in [0.25, 0.3) is 21.8 Å². The monoisotopic (exact) mass is 402 g/mol. The molecule has 2 heterocycles. The Morgan fingerprint density at radius 2 is 0.967 bits per heavy atom. The summed E-state index contributed by atoms with van der Waals surface area (Å²) in [6, 6.07) is 21.5. The van der Waals surface area contributed by atoms with Crippen molar-refractivity contribution in [3.05, 3.63) is 72.1 Å². The molecule has 4 aromatic rings. The smallest absolute Gasteiger partial charge is 0.0456 e. The zero-order chi connectivity index (χ0) is 21.0. The second-order valence-electron chi connectivity index (χ2n) is 8.38. The molecule has 2 N–H and O–H groups in total. The van der Waals surface area contributed by atoms with E-state index in [0.717, 1.165) is 0 Å². The maximum atomic E-state index is 3.47. The fraction of sp³-hybridized carbons (Fsp3) is 0.429. The van der Waals surface area contributed by atoms with Gasteiger partial charge < -0.3 is 9.97 Å². The highest BCUT2D eigenvalue weighted by Crippen LogP contribution is 2.17. The molecule has 0 atom stereocenters. The van der Waals surface area contributed by atoms with Crippen molar-refractivity contribution in [1.29, 1.82) is 0 Å². The van der Waals surface area contributed by atoms with E-state index < -0.39 is 0 Å². The quantitative estimate of drug-likeness (QED) is 0.249. The molecule has 160 valence electrons. The molecule has 0 unspecified atom stereocenters. The van der Waals surface area contributed by atoms with E-state index in [-0.39, 0.29) is 0 Å². The van der Waals surface area contributed by atoms with E-state index in [1.807, 2.05) is 0 Å². The minimum Gasteiger partial charge on any atom is -0.358 e. The first-order valence-electron chi connectivity index (χ1n) is 11.9. The average Bonchev–Trinajstić information content (AvgIpc) is 3.38. The van der Waals surface area contributed by atoms with Gasteiger partial charge in [0.05, 0.1) is 0 Å². The minimum absolute atomic E-state index is 1.19. The first-order valence-corrected chi connectivity index (χ1v) is 11.9. The van der Waals surface area contributed by atoms with Crippen LogP contribution in [0.5, 0.6) is 0 Å². The lowest BCUT2D eigenvalue weighted by Gasteiger charge is -1.96. The molecule has 0 saturated heterocycles. The van der Waals surface area contributed by atoms with E-state index in [4.69, 9.17) is 0 Å². The molecular weight excluding hydrogens is 364 g/mol. The van der Waals surface area contributed by atoms with Crippen LogP contribution in [0.4, 0.5) is 0 Å². The lowest BCUT2D eigenvalue weighted by molar-refractivity contribution is 0.662. The van der Waals surface area contributed by atoms with Gasteiger partial charge in [0.1, 0.15) is 0 Å². The highest BCUT2D eigenvalue weighted by atomic mass is 14.7. The lowest BCUT2D eigenvalue weighted by Crippen LogP contribution is -1.84. The zero-order valence-electron chi connectivity index (χ0n) is 18.8. The van der Waals surface area contributed by atoms with Crippen LogP contribution in [0.3, 0.4) is 0 Å². The summed E-state index contributed by atoms with van der Waals surface area (Å²) in [6.45, 7) is 4.51. The van der Waals surface area contributed by atoms with Crippen molar-refractivity contribution < 1.29 is 0 Å². The summed E-state index contributed by atoms with van der Waals surface area (Å²) in [7, 11) is 0. The summed E-state index contributed by atoms with van der Waals surface area (Å²) >= 11 is 0. The van der Waals surface area contributed by atoms with E-state index >= 15 is 0 Å². The summed E-state index contributed by atoms with van der Waals surface area (Å²) in [5.41, 5.74) is 5.30. The number of aryl methyl sites for hydroxylation is 2. The zero-order valence-corrected chi connectivity index (χ0v) is 18.8. The number of rotatable bonds is 10. The summed E-state index contributed by atoms with van der Waals surface area (Å²) in [5, 5.41) is 2.67. The van der Waals surface area contributed by atoms with Gasteiger partial charge in [-0.3, -0.25) is 0 Å². The highest BCUT2D eigenvalue weighted by molar-refractivity contribution is 5.80. The van der Waals surface area contributed by atoms with Gasteiger partial charge in [-0.2, -0.15) is 0 Å². The third-order valence-corrected chi connectivity index (χ3v) is 5.77. The molecule has 30 heavy (non-hydrogen) atoms. The summed E-state index contributed by atoms with van der Waals surface area (Å²) in [5.74, 6) is 0. The number of nitrogens with one attached hydrogen (secondary N) is 2. The summed E-state index contributed by atoms with van der Waals surface area (Å²) < 4.78 is 0. The van der Waals surface area contributed by atoms with Gasteiger partial charge in [-0.25, -0.2) is 0 Å². The molecule has 0 saturated carbocycles. The maximum absolute atomic E-state index is 3.47. The molecule has 2 aromatic carbocycles. The molecule has 0 aliphatic rings. The number of aromatic nitrogens is 2. The Hall–Kier alpha value is -2.48.